The lowest BCUT2D eigenvalue weighted by Crippen LogP contribution is -2.22. The van der Waals surface area contributed by atoms with E-state index < -0.39 is 0 Å². The molecule has 1 aromatic carbocycles. The molecule has 0 radical (unpaired) electrons. The molecule has 15 heavy (non-hydrogen) atoms. The molecule has 78 valence electrons. The Bertz CT molecular complexity index is 394. The highest BCUT2D eigenvalue weighted by atomic mass is 16.1. The van der Waals surface area contributed by atoms with Gasteiger partial charge in [0.15, 0.2) is 0 Å². The summed E-state index contributed by atoms with van der Waals surface area (Å²) in [5.41, 5.74) is 7.27. The Labute approximate surface area is 89.0 Å². The standard InChI is InChI=1S/C12H14N2O/c13-10-3-1-2-9(8-10)4-7-12(15)14-11-5-6-11/h1-4,7-8,11H,5-6,13H2,(H,14,15)/b7-4+. The zero-order valence-corrected chi connectivity index (χ0v) is 8.44. The van der Waals surface area contributed by atoms with Gasteiger partial charge >= 0.3 is 0 Å². The van der Waals surface area contributed by atoms with Crippen LogP contribution in [0.4, 0.5) is 5.69 Å². The Balaban J connectivity index is 1.94. The molecule has 2 rings (SSSR count). The highest BCUT2D eigenvalue weighted by Crippen LogP contribution is 2.18. The van der Waals surface area contributed by atoms with Crippen LogP contribution in [0.5, 0.6) is 0 Å². The second-order valence-corrected chi connectivity index (χ2v) is 3.79. The van der Waals surface area contributed by atoms with Crippen molar-refractivity contribution in [2.45, 2.75) is 18.9 Å². The lowest BCUT2D eigenvalue weighted by atomic mass is 10.2. The van der Waals surface area contributed by atoms with Crippen molar-refractivity contribution in [3.8, 4) is 0 Å². The van der Waals surface area contributed by atoms with Crippen LogP contribution < -0.4 is 11.1 Å². The van der Waals surface area contributed by atoms with Crippen LogP contribution in [0.1, 0.15) is 18.4 Å². The summed E-state index contributed by atoms with van der Waals surface area (Å²) in [4.78, 5) is 11.3. The molecule has 0 spiro atoms. The van der Waals surface area contributed by atoms with Crippen molar-refractivity contribution >= 4 is 17.7 Å². The minimum atomic E-state index is -0.0278. The molecule has 0 aliphatic heterocycles. The number of nitrogen functional groups attached to an aromatic ring is 1. The molecule has 3 heteroatoms. The van der Waals surface area contributed by atoms with E-state index in [2.05, 4.69) is 5.32 Å². The molecule has 0 aromatic heterocycles. The topological polar surface area (TPSA) is 55.1 Å². The third-order valence-corrected chi connectivity index (χ3v) is 2.26. The first kappa shape index (κ1) is 9.77. The third-order valence-electron chi connectivity index (χ3n) is 2.26. The predicted molar refractivity (Wildman–Crippen MR) is 61.1 cm³/mol. The summed E-state index contributed by atoms with van der Waals surface area (Å²) in [6.07, 6.45) is 5.54. The van der Waals surface area contributed by atoms with E-state index >= 15 is 0 Å². The molecule has 0 atom stereocenters. The maximum absolute atomic E-state index is 11.3. The number of benzene rings is 1. The lowest BCUT2D eigenvalue weighted by molar-refractivity contribution is -0.116. The van der Waals surface area contributed by atoms with Crippen LogP contribution >= 0.6 is 0 Å². The quantitative estimate of drug-likeness (QED) is 0.577. The average molecular weight is 202 g/mol. The number of carbonyl (C=O) groups excluding carboxylic acids is 1. The van der Waals surface area contributed by atoms with Gasteiger partial charge in [0.25, 0.3) is 0 Å². The van der Waals surface area contributed by atoms with Crippen molar-refractivity contribution in [2.24, 2.45) is 0 Å². The van der Waals surface area contributed by atoms with Gasteiger partial charge in [0.05, 0.1) is 0 Å². The van der Waals surface area contributed by atoms with Crippen LogP contribution in [0.15, 0.2) is 30.3 Å². The van der Waals surface area contributed by atoms with Crippen molar-refractivity contribution in [1.29, 1.82) is 0 Å². The normalized spacial score (nSPS) is 15.5. The maximum atomic E-state index is 11.3. The fraction of sp³-hybridized carbons (Fsp3) is 0.250. The van der Waals surface area contributed by atoms with Gasteiger partial charge in [-0.05, 0) is 36.6 Å². The SMILES string of the molecule is Nc1cccc(/C=C/C(=O)NC2CC2)c1. The molecule has 1 saturated carbocycles. The number of rotatable bonds is 3. The number of carbonyl (C=O) groups is 1. The van der Waals surface area contributed by atoms with Gasteiger partial charge in [0.2, 0.25) is 5.91 Å². The third kappa shape index (κ3) is 3.13. The highest BCUT2D eigenvalue weighted by molar-refractivity contribution is 5.92. The lowest BCUT2D eigenvalue weighted by Gasteiger charge is -1.97. The van der Waals surface area contributed by atoms with Crippen LogP contribution in [0.25, 0.3) is 6.08 Å². The molecule has 0 heterocycles. The first-order chi connectivity index (χ1) is 7.24. The minimum Gasteiger partial charge on any atom is -0.399 e. The van der Waals surface area contributed by atoms with Crippen molar-refractivity contribution in [2.75, 3.05) is 5.73 Å². The van der Waals surface area contributed by atoms with Crippen LogP contribution in [0.2, 0.25) is 0 Å². The van der Waals surface area contributed by atoms with E-state index in [1.54, 1.807) is 12.2 Å². The summed E-state index contributed by atoms with van der Waals surface area (Å²) in [5, 5.41) is 2.88. The summed E-state index contributed by atoms with van der Waals surface area (Å²) < 4.78 is 0. The Kier molecular flexibility index (Phi) is 2.72. The number of amides is 1. The molecule has 0 unspecified atom stereocenters. The zero-order chi connectivity index (χ0) is 10.7. The smallest absolute Gasteiger partial charge is 0.244 e. The molecule has 1 aromatic rings. The van der Waals surface area contributed by atoms with E-state index in [1.807, 2.05) is 24.3 Å². The van der Waals surface area contributed by atoms with E-state index in [0.717, 1.165) is 18.4 Å². The fourth-order valence-electron chi connectivity index (χ4n) is 1.31. The Morgan fingerprint density at radius 2 is 2.27 bits per heavy atom. The zero-order valence-electron chi connectivity index (χ0n) is 8.44. The number of nitrogens with one attached hydrogen (secondary N) is 1. The van der Waals surface area contributed by atoms with Crippen molar-refractivity contribution in [3.05, 3.63) is 35.9 Å². The summed E-state index contributed by atoms with van der Waals surface area (Å²) >= 11 is 0. The summed E-state index contributed by atoms with van der Waals surface area (Å²) in [5.74, 6) is -0.0278. The molecule has 3 N–H and O–H groups in total. The molecule has 1 amide bonds. The largest absolute Gasteiger partial charge is 0.399 e. The average Bonchev–Trinajstić information content (AvgIpc) is 2.99. The molecular weight excluding hydrogens is 188 g/mol. The van der Waals surface area contributed by atoms with Gasteiger partial charge in [-0.15, -0.1) is 0 Å². The summed E-state index contributed by atoms with van der Waals surface area (Å²) in [7, 11) is 0. The van der Waals surface area contributed by atoms with E-state index in [0.29, 0.717) is 11.7 Å². The Morgan fingerprint density at radius 3 is 2.93 bits per heavy atom. The Morgan fingerprint density at radius 1 is 1.47 bits per heavy atom. The van der Waals surface area contributed by atoms with E-state index in [9.17, 15) is 4.79 Å². The second kappa shape index (κ2) is 4.17. The van der Waals surface area contributed by atoms with Crippen LogP contribution in [-0.4, -0.2) is 11.9 Å². The minimum absolute atomic E-state index is 0.0278. The first-order valence-electron chi connectivity index (χ1n) is 5.08. The van der Waals surface area contributed by atoms with Crippen molar-refractivity contribution in [3.63, 3.8) is 0 Å². The van der Waals surface area contributed by atoms with Crippen LogP contribution in [-0.2, 0) is 4.79 Å². The fourth-order valence-corrected chi connectivity index (χ4v) is 1.31. The number of anilines is 1. The molecule has 0 saturated heterocycles. The Hall–Kier alpha value is -1.77. The second-order valence-electron chi connectivity index (χ2n) is 3.79. The molecule has 0 bridgehead atoms. The van der Waals surface area contributed by atoms with Crippen molar-refractivity contribution < 1.29 is 4.79 Å². The van der Waals surface area contributed by atoms with Gasteiger partial charge in [0.1, 0.15) is 0 Å². The van der Waals surface area contributed by atoms with Gasteiger partial charge in [-0.25, -0.2) is 0 Å². The summed E-state index contributed by atoms with van der Waals surface area (Å²) in [6.45, 7) is 0. The molecular formula is C12H14N2O. The van der Waals surface area contributed by atoms with Crippen LogP contribution in [0, 0.1) is 0 Å². The predicted octanol–water partition coefficient (Wildman–Crippen LogP) is 1.56. The molecule has 1 aliphatic carbocycles. The first-order valence-corrected chi connectivity index (χ1v) is 5.08. The number of nitrogens with two attached hydrogens (primary N) is 1. The monoisotopic (exact) mass is 202 g/mol. The van der Waals surface area contributed by atoms with Crippen molar-refractivity contribution in [1.82, 2.24) is 5.32 Å². The van der Waals surface area contributed by atoms with Gasteiger partial charge in [-0.3, -0.25) is 4.79 Å². The maximum Gasteiger partial charge on any atom is 0.244 e. The molecule has 1 aliphatic rings. The van der Waals surface area contributed by atoms with E-state index in [4.69, 9.17) is 5.73 Å². The molecule has 3 nitrogen and oxygen atoms in total. The van der Waals surface area contributed by atoms with Crippen LogP contribution in [0.3, 0.4) is 0 Å². The van der Waals surface area contributed by atoms with Gasteiger partial charge < -0.3 is 11.1 Å². The highest BCUT2D eigenvalue weighted by Gasteiger charge is 2.21. The number of hydrogen-bond donors (Lipinski definition) is 2. The number of hydrogen-bond acceptors (Lipinski definition) is 2. The van der Waals surface area contributed by atoms with Gasteiger partial charge in [-0.1, -0.05) is 12.1 Å². The van der Waals surface area contributed by atoms with E-state index in [-0.39, 0.29) is 5.91 Å². The van der Waals surface area contributed by atoms with E-state index in [1.165, 1.54) is 0 Å². The molecule has 1 fully saturated rings. The van der Waals surface area contributed by atoms with Gasteiger partial charge in [0, 0.05) is 17.8 Å². The summed E-state index contributed by atoms with van der Waals surface area (Å²) in [6, 6.07) is 7.84. The van der Waals surface area contributed by atoms with Gasteiger partial charge in [-0.2, -0.15) is 0 Å².